The lowest BCUT2D eigenvalue weighted by Crippen LogP contribution is -2.47. The first-order valence-corrected chi connectivity index (χ1v) is 12.1. The van der Waals surface area contributed by atoms with Gasteiger partial charge in [-0.2, -0.15) is 0 Å². The number of nitrogens with one attached hydrogen (secondary N) is 1. The summed E-state index contributed by atoms with van der Waals surface area (Å²) in [6.45, 7) is 0.284. The van der Waals surface area contributed by atoms with Gasteiger partial charge in [0.15, 0.2) is 0 Å². The van der Waals surface area contributed by atoms with E-state index in [1.807, 2.05) is 30.3 Å². The molecule has 0 aliphatic heterocycles. The van der Waals surface area contributed by atoms with E-state index in [1.165, 1.54) is 23.1 Å². The SMILES string of the molecule is O=C(NC1CCCCCC1)C(c1ccc(F)cc1Cl)N(CCc1ccccc1)C(=O)CCl. The summed E-state index contributed by atoms with van der Waals surface area (Å²) in [5.41, 5.74) is 1.43. The molecule has 4 nitrogen and oxygen atoms in total. The van der Waals surface area contributed by atoms with Crippen molar-refractivity contribution in [2.24, 2.45) is 0 Å². The van der Waals surface area contributed by atoms with Gasteiger partial charge in [-0.15, -0.1) is 11.6 Å². The van der Waals surface area contributed by atoms with Crippen LogP contribution in [0.1, 0.15) is 55.7 Å². The largest absolute Gasteiger partial charge is 0.351 e. The van der Waals surface area contributed by atoms with Gasteiger partial charge in [-0.3, -0.25) is 9.59 Å². The van der Waals surface area contributed by atoms with E-state index in [4.69, 9.17) is 23.2 Å². The minimum atomic E-state index is -0.985. The molecule has 1 aliphatic rings. The lowest BCUT2D eigenvalue weighted by molar-refractivity contribution is -0.139. The van der Waals surface area contributed by atoms with Crippen molar-refractivity contribution in [1.82, 2.24) is 10.2 Å². The molecule has 1 aliphatic carbocycles. The first kappa shape index (κ1) is 24.5. The van der Waals surface area contributed by atoms with Gasteiger partial charge in [-0.1, -0.05) is 73.7 Å². The van der Waals surface area contributed by atoms with Crippen LogP contribution in [0.3, 0.4) is 0 Å². The number of hydrogen-bond acceptors (Lipinski definition) is 2. The Hall–Kier alpha value is -2.11. The van der Waals surface area contributed by atoms with E-state index in [0.717, 1.165) is 44.1 Å². The van der Waals surface area contributed by atoms with Crippen LogP contribution in [0.25, 0.3) is 0 Å². The molecule has 0 bridgehead atoms. The Morgan fingerprint density at radius 1 is 1.06 bits per heavy atom. The highest BCUT2D eigenvalue weighted by Crippen LogP contribution is 2.30. The third-order valence-corrected chi connectivity index (χ3v) is 6.49. The van der Waals surface area contributed by atoms with Crippen LogP contribution in [-0.2, 0) is 16.0 Å². The van der Waals surface area contributed by atoms with Gasteiger partial charge in [0.1, 0.15) is 17.7 Å². The molecule has 0 aromatic heterocycles. The van der Waals surface area contributed by atoms with E-state index in [0.29, 0.717) is 12.0 Å². The van der Waals surface area contributed by atoms with Crippen LogP contribution in [0.15, 0.2) is 48.5 Å². The summed E-state index contributed by atoms with van der Waals surface area (Å²) >= 11 is 12.3. The molecule has 32 heavy (non-hydrogen) atoms. The molecule has 0 spiro atoms. The fourth-order valence-corrected chi connectivity index (χ4v) is 4.67. The maximum atomic E-state index is 13.7. The summed E-state index contributed by atoms with van der Waals surface area (Å²) in [7, 11) is 0. The van der Waals surface area contributed by atoms with E-state index < -0.39 is 11.9 Å². The first-order chi connectivity index (χ1) is 15.5. The fourth-order valence-electron chi connectivity index (χ4n) is 4.25. The van der Waals surface area contributed by atoms with Gasteiger partial charge in [-0.05, 0) is 37.0 Å². The smallest absolute Gasteiger partial charge is 0.247 e. The average Bonchev–Trinajstić information content (AvgIpc) is 3.06. The number of carbonyl (C=O) groups is 2. The molecular weight excluding hydrogens is 450 g/mol. The number of rotatable bonds is 8. The summed E-state index contributed by atoms with van der Waals surface area (Å²) in [6, 6.07) is 12.7. The van der Waals surface area contributed by atoms with Gasteiger partial charge in [0.25, 0.3) is 0 Å². The van der Waals surface area contributed by atoms with E-state index in [9.17, 15) is 14.0 Å². The van der Waals surface area contributed by atoms with Gasteiger partial charge in [0, 0.05) is 23.2 Å². The highest BCUT2D eigenvalue weighted by molar-refractivity contribution is 6.31. The lowest BCUT2D eigenvalue weighted by atomic mass is 10.0. The number of alkyl halides is 1. The number of benzene rings is 2. The zero-order valence-electron chi connectivity index (χ0n) is 18.0. The Kier molecular flexibility index (Phi) is 9.36. The Bertz CT molecular complexity index is 902. The molecule has 1 atom stereocenters. The minimum Gasteiger partial charge on any atom is -0.351 e. The zero-order valence-corrected chi connectivity index (χ0v) is 19.5. The van der Waals surface area contributed by atoms with Crippen molar-refractivity contribution in [3.63, 3.8) is 0 Å². The lowest BCUT2D eigenvalue weighted by Gasteiger charge is -2.33. The van der Waals surface area contributed by atoms with Gasteiger partial charge in [0.05, 0.1) is 0 Å². The first-order valence-electron chi connectivity index (χ1n) is 11.1. The highest BCUT2D eigenvalue weighted by atomic mass is 35.5. The quantitative estimate of drug-likeness (QED) is 0.392. The number of carbonyl (C=O) groups excluding carboxylic acids is 2. The second kappa shape index (κ2) is 12.2. The average molecular weight is 479 g/mol. The van der Waals surface area contributed by atoms with Crippen molar-refractivity contribution in [3.05, 3.63) is 70.5 Å². The van der Waals surface area contributed by atoms with Crippen LogP contribution < -0.4 is 5.32 Å². The highest BCUT2D eigenvalue weighted by Gasteiger charge is 2.33. The molecule has 7 heteroatoms. The summed E-state index contributed by atoms with van der Waals surface area (Å²) in [5, 5.41) is 3.24. The fraction of sp³-hybridized carbons (Fsp3) is 0.440. The number of amides is 2. The van der Waals surface area contributed by atoms with E-state index >= 15 is 0 Å². The topological polar surface area (TPSA) is 49.4 Å². The molecular formula is C25H29Cl2FN2O2. The van der Waals surface area contributed by atoms with Crippen molar-refractivity contribution in [3.8, 4) is 0 Å². The molecule has 2 aromatic rings. The molecule has 2 aromatic carbocycles. The predicted molar refractivity (Wildman–Crippen MR) is 126 cm³/mol. The predicted octanol–water partition coefficient (Wildman–Crippen LogP) is 5.67. The summed E-state index contributed by atoms with van der Waals surface area (Å²) < 4.78 is 13.7. The van der Waals surface area contributed by atoms with Crippen molar-refractivity contribution in [2.45, 2.75) is 57.0 Å². The second-order valence-corrected chi connectivity index (χ2v) is 8.90. The van der Waals surface area contributed by atoms with Gasteiger partial charge < -0.3 is 10.2 Å². The Morgan fingerprint density at radius 3 is 2.38 bits per heavy atom. The standard InChI is InChI=1S/C25H29Cl2FN2O2/c26-17-23(31)30(15-14-18-8-4-3-5-9-18)24(21-13-12-19(28)16-22(21)27)25(32)29-20-10-6-1-2-7-11-20/h3-5,8-9,12-13,16,20,24H,1-2,6-7,10-11,14-15,17H2,(H,29,32). The van der Waals surface area contributed by atoms with Crippen LogP contribution in [0.4, 0.5) is 4.39 Å². The van der Waals surface area contributed by atoms with Crippen molar-refractivity contribution >= 4 is 35.0 Å². The van der Waals surface area contributed by atoms with E-state index in [1.54, 1.807) is 0 Å². The number of halogens is 3. The Labute approximate surface area is 199 Å². The molecule has 3 rings (SSSR count). The van der Waals surface area contributed by atoms with Crippen LogP contribution in [0.2, 0.25) is 5.02 Å². The molecule has 0 heterocycles. The summed E-state index contributed by atoms with van der Waals surface area (Å²) in [5.74, 6) is -1.44. The van der Waals surface area contributed by atoms with Crippen LogP contribution in [-0.4, -0.2) is 35.2 Å². The normalized spacial score (nSPS) is 15.6. The van der Waals surface area contributed by atoms with Gasteiger partial charge in [-0.25, -0.2) is 4.39 Å². The second-order valence-electron chi connectivity index (χ2n) is 8.22. The summed E-state index contributed by atoms with van der Waals surface area (Å²) in [4.78, 5) is 27.9. The maximum Gasteiger partial charge on any atom is 0.247 e. The Balaban J connectivity index is 1.91. The molecule has 172 valence electrons. The Morgan fingerprint density at radius 2 is 1.75 bits per heavy atom. The summed E-state index contributed by atoms with van der Waals surface area (Å²) in [6.07, 6.45) is 6.80. The molecule has 2 amide bonds. The molecule has 0 saturated heterocycles. The number of nitrogens with zero attached hydrogens (tertiary/aromatic N) is 1. The van der Waals surface area contributed by atoms with Crippen LogP contribution in [0.5, 0.6) is 0 Å². The molecule has 1 fully saturated rings. The maximum absolute atomic E-state index is 13.7. The molecule has 1 N–H and O–H groups in total. The van der Waals surface area contributed by atoms with Gasteiger partial charge >= 0.3 is 0 Å². The minimum absolute atomic E-state index is 0.0498. The van der Waals surface area contributed by atoms with Crippen molar-refractivity contribution in [2.75, 3.05) is 12.4 Å². The third kappa shape index (κ3) is 6.69. The molecule has 1 saturated carbocycles. The molecule has 0 radical (unpaired) electrons. The van der Waals surface area contributed by atoms with E-state index in [2.05, 4.69) is 5.32 Å². The van der Waals surface area contributed by atoms with Crippen LogP contribution >= 0.6 is 23.2 Å². The third-order valence-electron chi connectivity index (χ3n) is 5.94. The van der Waals surface area contributed by atoms with Crippen molar-refractivity contribution < 1.29 is 14.0 Å². The van der Waals surface area contributed by atoms with Crippen molar-refractivity contribution in [1.29, 1.82) is 0 Å². The van der Waals surface area contributed by atoms with Crippen LogP contribution in [0, 0.1) is 5.82 Å². The number of hydrogen-bond donors (Lipinski definition) is 1. The van der Waals surface area contributed by atoms with Gasteiger partial charge in [0.2, 0.25) is 11.8 Å². The zero-order chi connectivity index (χ0) is 22.9. The monoisotopic (exact) mass is 478 g/mol. The van der Waals surface area contributed by atoms with E-state index in [-0.39, 0.29) is 35.3 Å². The molecule has 1 unspecified atom stereocenters.